The lowest BCUT2D eigenvalue weighted by Gasteiger charge is -2.23. The van der Waals surface area contributed by atoms with E-state index in [1.165, 1.54) is 0 Å². The minimum absolute atomic E-state index is 0.194. The molecular weight excluding hydrogens is 324 g/mol. The smallest absolute Gasteiger partial charge is 0.318 e. The zero-order chi connectivity index (χ0) is 17.8. The largest absolute Gasteiger partial charge is 0.454 e. The standard InChI is InChI=1S/C17H22N4O4/c1-20(9-12-4-5-15-16(8-12)25-11-24-15)17(22)19-13(10-23-3)14-6-7-18-21(14)2/h4-8,13H,9-11H2,1-3H3,(H,19,22)/t13-/m1/s1. The maximum absolute atomic E-state index is 12.5. The zero-order valence-corrected chi connectivity index (χ0v) is 14.6. The molecule has 2 amide bonds. The minimum Gasteiger partial charge on any atom is -0.454 e. The van der Waals surface area contributed by atoms with Gasteiger partial charge in [-0.2, -0.15) is 5.10 Å². The van der Waals surface area contributed by atoms with Crippen LogP contribution in [0.25, 0.3) is 0 Å². The molecule has 1 aromatic heterocycles. The number of amides is 2. The number of carbonyl (C=O) groups excluding carboxylic acids is 1. The van der Waals surface area contributed by atoms with Crippen LogP contribution in [-0.2, 0) is 18.3 Å². The van der Waals surface area contributed by atoms with Crippen molar-refractivity contribution in [1.29, 1.82) is 0 Å². The van der Waals surface area contributed by atoms with E-state index in [-0.39, 0.29) is 18.9 Å². The van der Waals surface area contributed by atoms with Crippen LogP contribution in [0.4, 0.5) is 4.79 Å². The number of hydrogen-bond donors (Lipinski definition) is 1. The SMILES string of the molecule is COC[C@@H](NC(=O)N(C)Cc1ccc2c(c1)OCO2)c1ccnn1C. The Hall–Kier alpha value is -2.74. The van der Waals surface area contributed by atoms with Crippen LogP contribution >= 0.6 is 0 Å². The van der Waals surface area contributed by atoms with Crippen LogP contribution in [0.5, 0.6) is 11.5 Å². The van der Waals surface area contributed by atoms with Crippen LogP contribution < -0.4 is 14.8 Å². The molecule has 1 aliphatic heterocycles. The Kier molecular flexibility index (Phi) is 5.08. The molecule has 0 spiro atoms. The molecular formula is C17H22N4O4. The molecule has 8 nitrogen and oxygen atoms in total. The van der Waals surface area contributed by atoms with Crippen LogP contribution in [-0.4, -0.2) is 48.3 Å². The third kappa shape index (κ3) is 3.85. The number of urea groups is 1. The van der Waals surface area contributed by atoms with E-state index in [1.807, 2.05) is 31.3 Å². The molecule has 2 aromatic rings. The Balaban J connectivity index is 1.64. The Labute approximate surface area is 146 Å². The number of aryl methyl sites for hydroxylation is 1. The molecule has 3 rings (SSSR count). The molecule has 1 aliphatic rings. The van der Waals surface area contributed by atoms with Gasteiger partial charge in [-0.25, -0.2) is 4.79 Å². The van der Waals surface area contributed by atoms with Crippen molar-refractivity contribution in [3.8, 4) is 11.5 Å². The molecule has 134 valence electrons. The van der Waals surface area contributed by atoms with Crippen LogP contribution in [0.3, 0.4) is 0 Å². The number of methoxy groups -OCH3 is 1. The van der Waals surface area contributed by atoms with Gasteiger partial charge in [0, 0.05) is 33.9 Å². The van der Waals surface area contributed by atoms with Crippen LogP contribution in [0.15, 0.2) is 30.5 Å². The Bertz CT molecular complexity index is 746. The molecule has 1 N–H and O–H groups in total. The summed E-state index contributed by atoms with van der Waals surface area (Å²) in [5, 5.41) is 7.12. The molecule has 8 heteroatoms. The molecule has 0 radical (unpaired) electrons. The van der Waals surface area contributed by atoms with Crippen molar-refractivity contribution in [2.24, 2.45) is 7.05 Å². The molecule has 2 heterocycles. The van der Waals surface area contributed by atoms with Gasteiger partial charge in [-0.1, -0.05) is 6.07 Å². The van der Waals surface area contributed by atoms with Crippen molar-refractivity contribution >= 4 is 6.03 Å². The average Bonchev–Trinajstić information content (AvgIpc) is 3.22. The molecule has 1 aromatic carbocycles. The summed E-state index contributed by atoms with van der Waals surface area (Å²) in [6.07, 6.45) is 1.69. The van der Waals surface area contributed by atoms with E-state index in [1.54, 1.807) is 29.9 Å². The summed E-state index contributed by atoms with van der Waals surface area (Å²) < 4.78 is 17.6. The fraction of sp³-hybridized carbons (Fsp3) is 0.412. The van der Waals surface area contributed by atoms with E-state index < -0.39 is 0 Å². The molecule has 0 bridgehead atoms. The quantitative estimate of drug-likeness (QED) is 0.861. The van der Waals surface area contributed by atoms with Gasteiger partial charge in [0.05, 0.1) is 18.3 Å². The lowest BCUT2D eigenvalue weighted by molar-refractivity contribution is 0.154. The van der Waals surface area contributed by atoms with E-state index in [9.17, 15) is 4.79 Å². The van der Waals surface area contributed by atoms with E-state index in [2.05, 4.69) is 10.4 Å². The van der Waals surface area contributed by atoms with Gasteiger partial charge in [0.2, 0.25) is 6.79 Å². The van der Waals surface area contributed by atoms with Gasteiger partial charge >= 0.3 is 6.03 Å². The van der Waals surface area contributed by atoms with Crippen molar-refractivity contribution in [2.75, 3.05) is 27.6 Å². The second-order valence-corrected chi connectivity index (χ2v) is 5.88. The number of nitrogens with one attached hydrogen (secondary N) is 1. The van der Waals surface area contributed by atoms with Crippen molar-refractivity contribution in [1.82, 2.24) is 20.0 Å². The lowest BCUT2D eigenvalue weighted by Crippen LogP contribution is -2.41. The van der Waals surface area contributed by atoms with Gasteiger partial charge < -0.3 is 24.4 Å². The van der Waals surface area contributed by atoms with Crippen molar-refractivity contribution in [3.63, 3.8) is 0 Å². The van der Waals surface area contributed by atoms with E-state index >= 15 is 0 Å². The third-order valence-electron chi connectivity index (χ3n) is 4.05. The second kappa shape index (κ2) is 7.43. The van der Waals surface area contributed by atoms with Gasteiger partial charge in [-0.15, -0.1) is 0 Å². The molecule has 25 heavy (non-hydrogen) atoms. The normalized spacial score (nSPS) is 13.6. The first-order valence-electron chi connectivity index (χ1n) is 7.95. The van der Waals surface area contributed by atoms with Crippen molar-refractivity contribution < 1.29 is 19.0 Å². The molecule has 0 saturated heterocycles. The number of benzene rings is 1. The van der Waals surface area contributed by atoms with Crippen molar-refractivity contribution in [3.05, 3.63) is 41.7 Å². The molecule has 0 saturated carbocycles. The summed E-state index contributed by atoms with van der Waals surface area (Å²) >= 11 is 0. The topological polar surface area (TPSA) is 77.8 Å². The first-order valence-corrected chi connectivity index (χ1v) is 7.95. The Morgan fingerprint density at radius 3 is 2.92 bits per heavy atom. The summed E-state index contributed by atoms with van der Waals surface area (Å²) in [4.78, 5) is 14.2. The van der Waals surface area contributed by atoms with Gasteiger partial charge in [-0.05, 0) is 23.8 Å². The Morgan fingerprint density at radius 2 is 2.20 bits per heavy atom. The highest BCUT2D eigenvalue weighted by molar-refractivity contribution is 5.74. The van der Waals surface area contributed by atoms with Gasteiger partial charge in [-0.3, -0.25) is 4.68 Å². The number of nitrogens with zero attached hydrogens (tertiary/aromatic N) is 3. The summed E-state index contributed by atoms with van der Waals surface area (Å²) in [7, 11) is 5.18. The number of carbonyl (C=O) groups is 1. The maximum Gasteiger partial charge on any atom is 0.318 e. The summed E-state index contributed by atoms with van der Waals surface area (Å²) in [5.41, 5.74) is 1.84. The molecule has 0 aliphatic carbocycles. The van der Waals surface area contributed by atoms with E-state index in [0.717, 1.165) is 17.0 Å². The van der Waals surface area contributed by atoms with Crippen LogP contribution in [0.1, 0.15) is 17.3 Å². The Morgan fingerprint density at radius 1 is 1.40 bits per heavy atom. The number of hydrogen-bond acceptors (Lipinski definition) is 5. The van der Waals surface area contributed by atoms with Gasteiger partial charge in [0.15, 0.2) is 11.5 Å². The monoisotopic (exact) mass is 346 g/mol. The highest BCUT2D eigenvalue weighted by Crippen LogP contribution is 2.32. The fourth-order valence-electron chi connectivity index (χ4n) is 2.74. The molecule has 1 atom stereocenters. The summed E-state index contributed by atoms with van der Waals surface area (Å²) in [5.74, 6) is 1.44. The lowest BCUT2D eigenvalue weighted by atomic mass is 10.2. The average molecular weight is 346 g/mol. The van der Waals surface area contributed by atoms with Gasteiger partial charge in [0.25, 0.3) is 0 Å². The highest BCUT2D eigenvalue weighted by Gasteiger charge is 2.20. The van der Waals surface area contributed by atoms with Gasteiger partial charge in [0.1, 0.15) is 0 Å². The highest BCUT2D eigenvalue weighted by atomic mass is 16.7. The first-order chi connectivity index (χ1) is 12.1. The van der Waals surface area contributed by atoms with Crippen LogP contribution in [0.2, 0.25) is 0 Å². The number of fused-ring (bicyclic) bond motifs is 1. The second-order valence-electron chi connectivity index (χ2n) is 5.88. The predicted octanol–water partition coefficient (Wildman–Crippen LogP) is 1.68. The molecule has 0 fully saturated rings. The van der Waals surface area contributed by atoms with Crippen LogP contribution in [0, 0.1) is 0 Å². The summed E-state index contributed by atoms with van der Waals surface area (Å²) in [6.45, 7) is 1.05. The predicted molar refractivity (Wildman–Crippen MR) is 90.4 cm³/mol. The number of ether oxygens (including phenoxy) is 3. The summed E-state index contributed by atoms with van der Waals surface area (Å²) in [6, 6.07) is 7.06. The maximum atomic E-state index is 12.5. The molecule has 0 unspecified atom stereocenters. The number of rotatable bonds is 6. The van der Waals surface area contributed by atoms with E-state index in [0.29, 0.717) is 18.9 Å². The first kappa shape index (κ1) is 17.1. The number of aromatic nitrogens is 2. The van der Waals surface area contributed by atoms with E-state index in [4.69, 9.17) is 14.2 Å². The third-order valence-corrected chi connectivity index (χ3v) is 4.05. The zero-order valence-electron chi connectivity index (χ0n) is 14.6. The minimum atomic E-state index is -0.274. The fourth-order valence-corrected chi connectivity index (χ4v) is 2.74. The van der Waals surface area contributed by atoms with Crippen molar-refractivity contribution in [2.45, 2.75) is 12.6 Å².